The van der Waals surface area contributed by atoms with Gasteiger partial charge in [0.1, 0.15) is 11.6 Å². The summed E-state index contributed by atoms with van der Waals surface area (Å²) in [4.78, 5) is 2.46. The van der Waals surface area contributed by atoms with Gasteiger partial charge in [-0.05, 0) is 74.0 Å². The number of halogens is 2. The molecule has 0 amide bonds. The van der Waals surface area contributed by atoms with Gasteiger partial charge < -0.3 is 15.4 Å². The fraction of sp³-hybridized carbons (Fsp3) is 0.350. The molecule has 4 nitrogen and oxygen atoms in total. The van der Waals surface area contributed by atoms with Crippen LogP contribution < -0.4 is 15.4 Å². The van der Waals surface area contributed by atoms with Crippen molar-refractivity contribution in [2.45, 2.75) is 18.9 Å². The summed E-state index contributed by atoms with van der Waals surface area (Å²) in [5.41, 5.74) is 1.87. The van der Waals surface area contributed by atoms with E-state index in [0.29, 0.717) is 17.3 Å². The van der Waals surface area contributed by atoms with Crippen molar-refractivity contribution >= 4 is 34.6 Å². The summed E-state index contributed by atoms with van der Waals surface area (Å²) in [7, 11) is 1.67. The van der Waals surface area contributed by atoms with Crippen LogP contribution in [0.25, 0.3) is 0 Å². The summed E-state index contributed by atoms with van der Waals surface area (Å²) >= 11 is 11.2. The van der Waals surface area contributed by atoms with Crippen LogP contribution >= 0.6 is 23.8 Å². The minimum atomic E-state index is -0.449. The molecule has 2 N–H and O–H groups in total. The Balaban J connectivity index is 1.64. The molecular weight excluding hydrogens is 385 g/mol. The Hall–Kier alpha value is -1.89. The molecule has 144 valence electrons. The summed E-state index contributed by atoms with van der Waals surface area (Å²) < 4.78 is 18.5. The van der Waals surface area contributed by atoms with Crippen LogP contribution in [0.4, 0.5) is 10.1 Å². The van der Waals surface area contributed by atoms with Gasteiger partial charge in [-0.25, -0.2) is 4.39 Å². The van der Waals surface area contributed by atoms with Crippen LogP contribution in [-0.4, -0.2) is 36.8 Å². The summed E-state index contributed by atoms with van der Waals surface area (Å²) in [6, 6.07) is 12.8. The van der Waals surface area contributed by atoms with E-state index in [1.807, 2.05) is 12.1 Å². The molecule has 0 aliphatic carbocycles. The van der Waals surface area contributed by atoms with Crippen LogP contribution in [-0.2, 0) is 0 Å². The number of ether oxygens (including phenoxy) is 1. The molecule has 1 fully saturated rings. The van der Waals surface area contributed by atoms with Gasteiger partial charge in [-0.1, -0.05) is 23.7 Å². The Morgan fingerprint density at radius 2 is 1.93 bits per heavy atom. The van der Waals surface area contributed by atoms with E-state index in [1.54, 1.807) is 13.2 Å². The monoisotopic (exact) mass is 407 g/mol. The summed E-state index contributed by atoms with van der Waals surface area (Å²) in [5, 5.41) is 6.88. The summed E-state index contributed by atoms with van der Waals surface area (Å²) in [5.74, 6) is 0.395. The van der Waals surface area contributed by atoms with Crippen molar-refractivity contribution in [3.05, 3.63) is 58.9 Å². The third-order valence-electron chi connectivity index (χ3n) is 4.72. The normalized spacial score (nSPS) is 15.4. The van der Waals surface area contributed by atoms with E-state index < -0.39 is 5.82 Å². The predicted octanol–water partition coefficient (Wildman–Crippen LogP) is 4.61. The van der Waals surface area contributed by atoms with Gasteiger partial charge in [0, 0.05) is 12.2 Å². The van der Waals surface area contributed by atoms with E-state index >= 15 is 0 Å². The Bertz CT molecular complexity index is 781. The smallest absolute Gasteiger partial charge is 0.170 e. The molecule has 1 saturated heterocycles. The van der Waals surface area contributed by atoms with Crippen LogP contribution in [0.3, 0.4) is 0 Å². The lowest BCUT2D eigenvalue weighted by molar-refractivity contribution is 0.246. The fourth-order valence-corrected chi connectivity index (χ4v) is 3.66. The van der Waals surface area contributed by atoms with Gasteiger partial charge >= 0.3 is 0 Å². The number of likely N-dealkylation sites (tertiary alicyclic amines) is 1. The highest BCUT2D eigenvalue weighted by Crippen LogP contribution is 2.26. The number of hydrogen-bond acceptors (Lipinski definition) is 3. The van der Waals surface area contributed by atoms with E-state index in [-0.39, 0.29) is 11.1 Å². The molecule has 0 radical (unpaired) electrons. The van der Waals surface area contributed by atoms with Crippen molar-refractivity contribution in [3.8, 4) is 5.75 Å². The Kier molecular flexibility index (Phi) is 6.88. The molecule has 1 heterocycles. The topological polar surface area (TPSA) is 36.5 Å². The lowest BCUT2D eigenvalue weighted by Crippen LogP contribution is -2.38. The van der Waals surface area contributed by atoms with E-state index in [2.05, 4.69) is 27.7 Å². The molecule has 0 saturated carbocycles. The van der Waals surface area contributed by atoms with Gasteiger partial charge in [0.2, 0.25) is 0 Å². The molecule has 1 aliphatic rings. The highest BCUT2D eigenvalue weighted by Gasteiger charge is 2.23. The first kappa shape index (κ1) is 19.9. The third-order valence-corrected chi connectivity index (χ3v) is 5.25. The molecule has 2 aromatic carbocycles. The standard InChI is InChI=1S/C20H23ClFN3OS/c1-26-16-7-4-14(5-8-16)19(25-10-2-3-11-25)13-23-20(27)24-15-6-9-18(22)17(21)12-15/h4-9,12,19H,2-3,10-11,13H2,1H3,(H2,23,24,27). The van der Waals surface area contributed by atoms with E-state index in [1.165, 1.54) is 30.5 Å². The maximum Gasteiger partial charge on any atom is 0.170 e. The predicted molar refractivity (Wildman–Crippen MR) is 112 cm³/mol. The van der Waals surface area contributed by atoms with Gasteiger partial charge in [0.15, 0.2) is 5.11 Å². The molecule has 2 aromatic rings. The number of nitrogens with zero attached hydrogens (tertiary/aromatic N) is 1. The second-order valence-electron chi connectivity index (χ2n) is 6.50. The zero-order valence-electron chi connectivity index (χ0n) is 15.2. The van der Waals surface area contributed by atoms with Crippen LogP contribution in [0, 0.1) is 5.82 Å². The van der Waals surface area contributed by atoms with Gasteiger partial charge in [-0.2, -0.15) is 0 Å². The average molecular weight is 408 g/mol. The van der Waals surface area contributed by atoms with Crippen LogP contribution in [0.1, 0.15) is 24.4 Å². The first-order chi connectivity index (χ1) is 13.1. The Labute approximate surface area is 169 Å². The van der Waals surface area contributed by atoms with E-state index in [4.69, 9.17) is 28.6 Å². The lowest BCUT2D eigenvalue weighted by Gasteiger charge is -2.29. The van der Waals surface area contributed by atoms with Gasteiger partial charge in [-0.3, -0.25) is 4.90 Å². The molecule has 1 atom stereocenters. The molecule has 7 heteroatoms. The van der Waals surface area contributed by atoms with Crippen molar-refractivity contribution < 1.29 is 9.13 Å². The molecular formula is C20H23ClFN3OS. The second kappa shape index (κ2) is 9.35. The average Bonchev–Trinajstić information content (AvgIpc) is 3.20. The summed E-state index contributed by atoms with van der Waals surface area (Å²) in [6.07, 6.45) is 2.42. The quantitative estimate of drug-likeness (QED) is 0.684. The maximum absolute atomic E-state index is 13.3. The Morgan fingerprint density at radius 3 is 2.56 bits per heavy atom. The highest BCUT2D eigenvalue weighted by atomic mass is 35.5. The number of methoxy groups -OCH3 is 1. The summed E-state index contributed by atoms with van der Waals surface area (Å²) in [6.45, 7) is 2.82. The number of benzene rings is 2. The number of nitrogens with one attached hydrogen (secondary N) is 2. The van der Waals surface area contributed by atoms with Crippen LogP contribution in [0.5, 0.6) is 5.75 Å². The van der Waals surface area contributed by atoms with Crippen molar-refractivity contribution in [2.75, 3.05) is 32.1 Å². The highest BCUT2D eigenvalue weighted by molar-refractivity contribution is 7.80. The minimum Gasteiger partial charge on any atom is -0.497 e. The van der Waals surface area contributed by atoms with Gasteiger partial charge in [0.05, 0.1) is 18.2 Å². The number of rotatable bonds is 6. The van der Waals surface area contributed by atoms with E-state index in [0.717, 1.165) is 18.8 Å². The van der Waals surface area contributed by atoms with Crippen molar-refractivity contribution in [3.63, 3.8) is 0 Å². The van der Waals surface area contributed by atoms with Gasteiger partial charge in [-0.15, -0.1) is 0 Å². The Morgan fingerprint density at radius 1 is 1.22 bits per heavy atom. The van der Waals surface area contributed by atoms with Crippen molar-refractivity contribution in [1.82, 2.24) is 10.2 Å². The van der Waals surface area contributed by atoms with Gasteiger partial charge in [0.25, 0.3) is 0 Å². The number of anilines is 1. The number of thiocarbonyl (C=S) groups is 1. The molecule has 0 aromatic heterocycles. The largest absolute Gasteiger partial charge is 0.497 e. The number of hydrogen-bond donors (Lipinski definition) is 2. The first-order valence-electron chi connectivity index (χ1n) is 8.94. The molecule has 1 aliphatic heterocycles. The molecule has 0 spiro atoms. The molecule has 0 bridgehead atoms. The molecule has 27 heavy (non-hydrogen) atoms. The van der Waals surface area contributed by atoms with E-state index in [9.17, 15) is 4.39 Å². The third kappa shape index (κ3) is 5.31. The SMILES string of the molecule is COc1ccc(C(CNC(=S)Nc2ccc(F)c(Cl)c2)N2CCCC2)cc1. The minimum absolute atomic E-state index is 0.0657. The van der Waals surface area contributed by atoms with Crippen molar-refractivity contribution in [1.29, 1.82) is 0 Å². The lowest BCUT2D eigenvalue weighted by atomic mass is 10.1. The van der Waals surface area contributed by atoms with Crippen molar-refractivity contribution in [2.24, 2.45) is 0 Å². The first-order valence-corrected chi connectivity index (χ1v) is 9.73. The second-order valence-corrected chi connectivity index (χ2v) is 7.31. The molecule has 1 unspecified atom stereocenters. The fourth-order valence-electron chi connectivity index (χ4n) is 3.28. The van der Waals surface area contributed by atoms with Crippen LogP contribution in [0.15, 0.2) is 42.5 Å². The zero-order valence-corrected chi connectivity index (χ0v) is 16.7. The maximum atomic E-state index is 13.3. The zero-order chi connectivity index (χ0) is 19.2. The van der Waals surface area contributed by atoms with Crippen LogP contribution in [0.2, 0.25) is 5.02 Å². The molecule has 3 rings (SSSR count).